The monoisotopic (exact) mass is 454 g/mol. The lowest BCUT2D eigenvalue weighted by Gasteiger charge is -2.11. The molecule has 0 saturated heterocycles. The lowest BCUT2D eigenvalue weighted by Crippen LogP contribution is -1.85. The van der Waals surface area contributed by atoms with Gasteiger partial charge in [0.2, 0.25) is 0 Å². The van der Waals surface area contributed by atoms with Crippen molar-refractivity contribution in [3.63, 3.8) is 0 Å². The molecule has 0 amide bonds. The second-order valence-electron chi connectivity index (χ2n) is 8.66. The lowest BCUT2D eigenvalue weighted by atomic mass is 9.93. The Labute approximate surface area is 201 Å². The quantitative estimate of drug-likeness (QED) is 0.237. The van der Waals surface area contributed by atoms with Gasteiger partial charge in [-0.2, -0.15) is 0 Å². The second-order valence-corrected chi connectivity index (χ2v) is 9.04. The predicted molar refractivity (Wildman–Crippen MR) is 145 cm³/mol. The first-order valence-corrected chi connectivity index (χ1v) is 11.8. The molecule has 0 fully saturated rings. The van der Waals surface area contributed by atoms with Crippen molar-refractivity contribution in [2.45, 2.75) is 0 Å². The minimum absolute atomic E-state index is 0.729. The van der Waals surface area contributed by atoms with Crippen LogP contribution >= 0.6 is 11.6 Å². The summed E-state index contributed by atoms with van der Waals surface area (Å²) in [6, 6.07) is 40.3. The third kappa shape index (κ3) is 2.88. The fraction of sp³-hybridized carbons (Fsp3) is 0. The van der Waals surface area contributed by atoms with E-state index in [4.69, 9.17) is 16.0 Å². The van der Waals surface area contributed by atoms with E-state index in [1.807, 2.05) is 30.3 Å². The van der Waals surface area contributed by atoms with Gasteiger partial charge in [-0.15, -0.1) is 0 Å². The molecular weight excluding hydrogens is 436 g/mol. The first-order valence-electron chi connectivity index (χ1n) is 11.4. The molecule has 1 heterocycles. The topological polar surface area (TPSA) is 13.1 Å². The van der Waals surface area contributed by atoms with Crippen molar-refractivity contribution in [2.24, 2.45) is 0 Å². The van der Waals surface area contributed by atoms with Crippen molar-refractivity contribution in [1.82, 2.24) is 0 Å². The maximum absolute atomic E-state index is 6.93. The minimum atomic E-state index is 0.729. The van der Waals surface area contributed by atoms with Crippen LogP contribution < -0.4 is 0 Å². The highest BCUT2D eigenvalue weighted by Gasteiger charge is 2.15. The third-order valence-electron chi connectivity index (χ3n) is 6.77. The Morgan fingerprint density at radius 1 is 0.441 bits per heavy atom. The van der Waals surface area contributed by atoms with Gasteiger partial charge in [-0.05, 0) is 56.4 Å². The van der Waals surface area contributed by atoms with Crippen molar-refractivity contribution < 1.29 is 4.42 Å². The molecule has 0 radical (unpaired) electrons. The number of furan rings is 1. The first-order chi connectivity index (χ1) is 16.8. The third-order valence-corrected chi connectivity index (χ3v) is 7.17. The number of hydrogen-bond acceptors (Lipinski definition) is 1. The van der Waals surface area contributed by atoms with Gasteiger partial charge >= 0.3 is 0 Å². The maximum atomic E-state index is 6.93. The van der Waals surface area contributed by atoms with Crippen molar-refractivity contribution >= 4 is 55.1 Å². The van der Waals surface area contributed by atoms with Gasteiger partial charge in [0.05, 0.1) is 5.02 Å². The summed E-state index contributed by atoms with van der Waals surface area (Å²) in [5.74, 6) is 0. The van der Waals surface area contributed by atoms with E-state index in [9.17, 15) is 0 Å². The molecule has 34 heavy (non-hydrogen) atoms. The zero-order valence-electron chi connectivity index (χ0n) is 18.3. The molecule has 0 aliphatic rings. The molecule has 0 spiro atoms. The Kier molecular flexibility index (Phi) is 4.27. The summed E-state index contributed by atoms with van der Waals surface area (Å²) in [7, 11) is 0. The number of halogens is 1. The van der Waals surface area contributed by atoms with Crippen molar-refractivity contribution in [3.8, 4) is 22.3 Å². The summed E-state index contributed by atoms with van der Waals surface area (Å²) in [6.45, 7) is 0. The van der Waals surface area contributed by atoms with Gasteiger partial charge in [0.15, 0.2) is 0 Å². The van der Waals surface area contributed by atoms with E-state index < -0.39 is 0 Å². The van der Waals surface area contributed by atoms with Gasteiger partial charge in [-0.1, -0.05) is 109 Å². The van der Waals surface area contributed by atoms with Crippen molar-refractivity contribution in [2.75, 3.05) is 0 Å². The smallest absolute Gasteiger partial charge is 0.136 e. The number of rotatable bonds is 2. The van der Waals surface area contributed by atoms with Crippen LogP contribution in [-0.2, 0) is 0 Å². The van der Waals surface area contributed by atoms with Gasteiger partial charge in [0, 0.05) is 16.3 Å². The van der Waals surface area contributed by atoms with E-state index >= 15 is 0 Å². The molecule has 1 aromatic heterocycles. The molecular formula is C32H19ClO. The van der Waals surface area contributed by atoms with Crippen LogP contribution in [0.1, 0.15) is 0 Å². The molecule has 0 unspecified atom stereocenters. The van der Waals surface area contributed by atoms with Crippen LogP contribution in [0.25, 0.3) is 65.7 Å². The van der Waals surface area contributed by atoms with E-state index in [0.717, 1.165) is 38.1 Å². The summed E-state index contributed by atoms with van der Waals surface area (Å²) < 4.78 is 5.99. The van der Waals surface area contributed by atoms with E-state index in [1.165, 1.54) is 32.7 Å². The Hall–Kier alpha value is -4.07. The average Bonchev–Trinajstić information content (AvgIpc) is 3.28. The zero-order chi connectivity index (χ0) is 22.6. The molecule has 0 aliphatic heterocycles. The molecule has 0 aliphatic carbocycles. The highest BCUT2D eigenvalue weighted by Crippen LogP contribution is 2.40. The predicted octanol–water partition coefficient (Wildman–Crippen LogP) is 9.88. The lowest BCUT2D eigenvalue weighted by molar-refractivity contribution is 0.669. The first kappa shape index (κ1) is 19.4. The normalized spacial score (nSPS) is 11.7. The van der Waals surface area contributed by atoms with Gasteiger partial charge in [-0.3, -0.25) is 0 Å². The summed E-state index contributed by atoms with van der Waals surface area (Å²) in [5, 5.41) is 7.83. The zero-order valence-corrected chi connectivity index (χ0v) is 19.0. The van der Waals surface area contributed by atoms with Gasteiger partial charge in [0.25, 0.3) is 0 Å². The van der Waals surface area contributed by atoms with E-state index in [0.29, 0.717) is 0 Å². The number of fused-ring (bicyclic) bond motifs is 6. The number of benzene rings is 6. The van der Waals surface area contributed by atoms with Crippen LogP contribution in [0.5, 0.6) is 0 Å². The van der Waals surface area contributed by atoms with Crippen LogP contribution in [0, 0.1) is 0 Å². The Bertz CT molecular complexity index is 1860. The summed E-state index contributed by atoms with van der Waals surface area (Å²) in [5.41, 5.74) is 6.19. The second kappa shape index (κ2) is 7.48. The van der Waals surface area contributed by atoms with Crippen LogP contribution in [-0.4, -0.2) is 0 Å². The summed E-state index contributed by atoms with van der Waals surface area (Å²) in [6.07, 6.45) is 0. The van der Waals surface area contributed by atoms with Gasteiger partial charge in [-0.25, -0.2) is 0 Å². The minimum Gasteiger partial charge on any atom is -0.456 e. The molecule has 0 atom stereocenters. The largest absolute Gasteiger partial charge is 0.456 e. The van der Waals surface area contributed by atoms with Crippen LogP contribution in [0.3, 0.4) is 0 Å². The fourth-order valence-corrected chi connectivity index (χ4v) is 5.49. The Morgan fingerprint density at radius 3 is 2.00 bits per heavy atom. The van der Waals surface area contributed by atoms with Gasteiger partial charge < -0.3 is 4.42 Å². The molecule has 160 valence electrons. The molecule has 0 saturated carbocycles. The molecule has 6 aromatic carbocycles. The SMILES string of the molecule is Clc1c(-c2ccc(-c3cccc4c3ccc3ccccc34)cc2)ccc2oc3ccccc3c12. The number of hydrogen-bond donors (Lipinski definition) is 0. The molecule has 0 N–H and O–H groups in total. The van der Waals surface area contributed by atoms with Gasteiger partial charge in [0.1, 0.15) is 11.2 Å². The maximum Gasteiger partial charge on any atom is 0.136 e. The van der Waals surface area contributed by atoms with Crippen molar-refractivity contribution in [3.05, 3.63) is 120 Å². The van der Waals surface area contributed by atoms with Crippen LogP contribution in [0.4, 0.5) is 0 Å². The van der Waals surface area contributed by atoms with Crippen molar-refractivity contribution in [1.29, 1.82) is 0 Å². The Balaban J connectivity index is 1.36. The molecule has 7 rings (SSSR count). The Morgan fingerprint density at radius 2 is 1.15 bits per heavy atom. The average molecular weight is 455 g/mol. The fourth-order valence-electron chi connectivity index (χ4n) is 5.12. The van der Waals surface area contributed by atoms with E-state index in [-0.39, 0.29) is 0 Å². The van der Waals surface area contributed by atoms with E-state index in [1.54, 1.807) is 0 Å². The summed E-state index contributed by atoms with van der Waals surface area (Å²) in [4.78, 5) is 0. The van der Waals surface area contributed by atoms with Crippen LogP contribution in [0.2, 0.25) is 5.02 Å². The molecule has 2 heteroatoms. The summed E-state index contributed by atoms with van der Waals surface area (Å²) >= 11 is 6.93. The van der Waals surface area contributed by atoms with Crippen LogP contribution in [0.15, 0.2) is 120 Å². The molecule has 0 bridgehead atoms. The standard InChI is InChI=1S/C32H19ClO/c33-32-25(18-19-30-31(32)28-8-3-4-11-29(28)34-30)22-14-12-21(13-15-22)24-9-5-10-26-23-7-2-1-6-20(23)16-17-27(24)26/h1-19H. The van der Waals surface area contributed by atoms with E-state index in [2.05, 4.69) is 84.9 Å². The highest BCUT2D eigenvalue weighted by molar-refractivity contribution is 6.40. The molecule has 1 nitrogen and oxygen atoms in total. The highest BCUT2D eigenvalue weighted by atomic mass is 35.5. The number of para-hydroxylation sites is 1. The molecule has 7 aromatic rings.